The third-order valence-corrected chi connectivity index (χ3v) is 2.78. The first-order valence-electron chi connectivity index (χ1n) is 4.50. The van der Waals surface area contributed by atoms with Gasteiger partial charge in [0.25, 0.3) is 0 Å². The van der Waals surface area contributed by atoms with Crippen molar-refractivity contribution >= 4 is 16.0 Å². The zero-order chi connectivity index (χ0) is 13.1. The summed E-state index contributed by atoms with van der Waals surface area (Å²) < 4.78 is 27.2. The predicted octanol–water partition coefficient (Wildman–Crippen LogP) is 0.597. The van der Waals surface area contributed by atoms with Crippen LogP contribution in [-0.4, -0.2) is 26.1 Å². The second-order valence-corrected chi connectivity index (χ2v) is 4.67. The minimum absolute atomic E-state index is 0.0600. The Labute approximate surface area is 98.4 Å². The Morgan fingerprint density at radius 3 is 2.65 bits per heavy atom. The molecule has 0 aromatic heterocycles. The lowest BCUT2D eigenvalue weighted by Gasteiger charge is -2.08. The number of ether oxygens (including phenoxy) is 1. The molecule has 0 aliphatic carbocycles. The number of hydrogen-bond donors (Lipinski definition) is 2. The molecule has 92 valence electrons. The van der Waals surface area contributed by atoms with Crippen molar-refractivity contribution in [2.45, 2.75) is 4.90 Å². The molecule has 0 saturated carbocycles. The maximum absolute atomic E-state index is 11.1. The highest BCUT2D eigenvalue weighted by Crippen LogP contribution is 2.22. The highest BCUT2D eigenvalue weighted by Gasteiger charge is 2.16. The summed E-state index contributed by atoms with van der Waals surface area (Å²) in [6.07, 6.45) is 1.44. The molecule has 0 unspecified atom stereocenters. The Morgan fingerprint density at radius 1 is 1.53 bits per heavy atom. The molecule has 0 bridgehead atoms. The van der Waals surface area contributed by atoms with Crippen molar-refractivity contribution < 1.29 is 23.1 Å². The van der Waals surface area contributed by atoms with Crippen LogP contribution < -0.4 is 9.88 Å². The molecule has 0 aliphatic heterocycles. The lowest BCUT2D eigenvalue weighted by atomic mass is 10.2. The first-order chi connectivity index (χ1) is 7.86. The smallest absolute Gasteiger partial charge is 0.339 e. The molecule has 1 aromatic rings. The van der Waals surface area contributed by atoms with E-state index in [1.165, 1.54) is 18.2 Å². The van der Waals surface area contributed by atoms with E-state index < -0.39 is 16.0 Å². The fourth-order valence-corrected chi connectivity index (χ4v) is 1.67. The monoisotopic (exact) mass is 257 g/mol. The van der Waals surface area contributed by atoms with Crippen molar-refractivity contribution in [3.05, 3.63) is 36.4 Å². The molecular formula is C10H11NO5S. The Bertz CT molecular complexity index is 550. The van der Waals surface area contributed by atoms with E-state index in [1.54, 1.807) is 0 Å². The number of primary sulfonamides is 1. The SMILES string of the molecule is C=CCOc1ccc(S(N)(=O)=O)cc1C(=O)O. The van der Waals surface area contributed by atoms with Crippen molar-refractivity contribution in [2.75, 3.05) is 6.61 Å². The van der Waals surface area contributed by atoms with Gasteiger partial charge in [-0.1, -0.05) is 12.7 Å². The summed E-state index contributed by atoms with van der Waals surface area (Å²) in [5.74, 6) is -1.24. The summed E-state index contributed by atoms with van der Waals surface area (Å²) in [7, 11) is -3.94. The number of nitrogens with two attached hydrogens (primary N) is 1. The van der Waals surface area contributed by atoms with Gasteiger partial charge in [0.2, 0.25) is 10.0 Å². The van der Waals surface area contributed by atoms with E-state index in [9.17, 15) is 13.2 Å². The molecule has 0 heterocycles. The summed E-state index contributed by atoms with van der Waals surface area (Å²) in [5.41, 5.74) is -0.265. The topological polar surface area (TPSA) is 107 Å². The van der Waals surface area contributed by atoms with E-state index in [0.717, 1.165) is 6.07 Å². The number of benzene rings is 1. The van der Waals surface area contributed by atoms with Crippen molar-refractivity contribution in [3.63, 3.8) is 0 Å². The van der Waals surface area contributed by atoms with Crippen LogP contribution in [0.1, 0.15) is 10.4 Å². The van der Waals surface area contributed by atoms with Crippen LogP contribution in [0.3, 0.4) is 0 Å². The van der Waals surface area contributed by atoms with Crippen LogP contribution in [0.25, 0.3) is 0 Å². The third kappa shape index (κ3) is 3.30. The van der Waals surface area contributed by atoms with E-state index in [1.807, 2.05) is 0 Å². The summed E-state index contributed by atoms with van der Waals surface area (Å²) in [4.78, 5) is 10.6. The van der Waals surface area contributed by atoms with Gasteiger partial charge >= 0.3 is 5.97 Å². The van der Waals surface area contributed by atoms with Gasteiger partial charge in [0.05, 0.1) is 4.90 Å². The van der Waals surface area contributed by atoms with Crippen LogP contribution in [0.4, 0.5) is 0 Å². The lowest BCUT2D eigenvalue weighted by molar-refractivity contribution is 0.0692. The minimum Gasteiger partial charge on any atom is -0.489 e. The summed E-state index contributed by atoms with van der Waals surface area (Å²) in [6.45, 7) is 3.54. The highest BCUT2D eigenvalue weighted by molar-refractivity contribution is 7.89. The van der Waals surface area contributed by atoms with Gasteiger partial charge < -0.3 is 9.84 Å². The molecule has 6 nitrogen and oxygen atoms in total. The Balaban J connectivity index is 3.27. The van der Waals surface area contributed by atoms with Crippen LogP contribution >= 0.6 is 0 Å². The molecule has 0 fully saturated rings. The number of rotatable bonds is 5. The Hall–Kier alpha value is -1.86. The molecule has 1 rings (SSSR count). The zero-order valence-corrected chi connectivity index (χ0v) is 9.61. The number of carboxylic acids is 1. The van der Waals surface area contributed by atoms with Crippen molar-refractivity contribution in [1.29, 1.82) is 0 Å². The van der Waals surface area contributed by atoms with Gasteiger partial charge in [0, 0.05) is 0 Å². The van der Waals surface area contributed by atoms with Gasteiger partial charge in [0.1, 0.15) is 17.9 Å². The van der Waals surface area contributed by atoms with Gasteiger partial charge in [-0.3, -0.25) is 0 Å². The predicted molar refractivity (Wildman–Crippen MR) is 60.5 cm³/mol. The van der Waals surface area contributed by atoms with E-state index in [-0.39, 0.29) is 22.8 Å². The van der Waals surface area contributed by atoms with E-state index >= 15 is 0 Å². The fourth-order valence-electron chi connectivity index (χ4n) is 1.13. The van der Waals surface area contributed by atoms with Gasteiger partial charge in [0.15, 0.2) is 0 Å². The molecule has 1 aromatic carbocycles. The van der Waals surface area contributed by atoms with Crippen LogP contribution in [0.5, 0.6) is 5.75 Å². The van der Waals surface area contributed by atoms with Gasteiger partial charge in [-0.15, -0.1) is 0 Å². The van der Waals surface area contributed by atoms with Crippen LogP contribution in [0.2, 0.25) is 0 Å². The molecular weight excluding hydrogens is 246 g/mol. The van der Waals surface area contributed by atoms with E-state index in [0.29, 0.717) is 0 Å². The number of sulfonamides is 1. The number of hydrogen-bond acceptors (Lipinski definition) is 4. The standard InChI is InChI=1S/C10H11NO5S/c1-2-5-16-9-4-3-7(17(11,14)15)6-8(9)10(12)13/h2-4,6H,1,5H2,(H,12,13)(H2,11,14,15). The average Bonchev–Trinajstić information content (AvgIpc) is 2.24. The lowest BCUT2D eigenvalue weighted by Crippen LogP contribution is -2.13. The minimum atomic E-state index is -3.94. The van der Waals surface area contributed by atoms with Gasteiger partial charge in [-0.25, -0.2) is 18.4 Å². The number of aromatic carboxylic acids is 1. The molecule has 7 heteroatoms. The van der Waals surface area contributed by atoms with E-state index in [2.05, 4.69) is 6.58 Å². The molecule has 0 aliphatic rings. The molecule has 0 amide bonds. The number of carboxylic acid groups (broad SMARTS) is 1. The molecule has 0 atom stereocenters. The summed E-state index contributed by atoms with van der Waals surface area (Å²) in [5, 5.41) is 13.8. The fraction of sp³-hybridized carbons (Fsp3) is 0.100. The Morgan fingerprint density at radius 2 is 2.18 bits per heavy atom. The Kier molecular flexibility index (Phi) is 3.87. The first-order valence-corrected chi connectivity index (χ1v) is 6.04. The molecule has 0 spiro atoms. The van der Waals surface area contributed by atoms with Crippen LogP contribution in [-0.2, 0) is 10.0 Å². The zero-order valence-electron chi connectivity index (χ0n) is 8.79. The molecule has 3 N–H and O–H groups in total. The second kappa shape index (κ2) is 4.98. The maximum atomic E-state index is 11.1. The van der Waals surface area contributed by atoms with Gasteiger partial charge in [-0.2, -0.15) is 0 Å². The van der Waals surface area contributed by atoms with Crippen molar-refractivity contribution in [1.82, 2.24) is 0 Å². The summed E-state index contributed by atoms with van der Waals surface area (Å²) >= 11 is 0. The largest absolute Gasteiger partial charge is 0.489 e. The highest BCUT2D eigenvalue weighted by atomic mass is 32.2. The van der Waals surface area contributed by atoms with E-state index in [4.69, 9.17) is 15.0 Å². The second-order valence-electron chi connectivity index (χ2n) is 3.11. The van der Waals surface area contributed by atoms with Gasteiger partial charge in [-0.05, 0) is 18.2 Å². The first kappa shape index (κ1) is 13.2. The quantitative estimate of drug-likeness (QED) is 0.751. The average molecular weight is 257 g/mol. The molecule has 0 saturated heterocycles. The molecule has 0 radical (unpaired) electrons. The number of carbonyl (C=O) groups is 1. The van der Waals surface area contributed by atoms with Crippen molar-refractivity contribution in [3.8, 4) is 5.75 Å². The van der Waals surface area contributed by atoms with Crippen LogP contribution in [0, 0.1) is 0 Å². The molecule has 17 heavy (non-hydrogen) atoms. The third-order valence-electron chi connectivity index (χ3n) is 1.87. The maximum Gasteiger partial charge on any atom is 0.339 e. The normalized spacial score (nSPS) is 10.9. The van der Waals surface area contributed by atoms with Crippen LogP contribution in [0.15, 0.2) is 35.7 Å². The summed E-state index contributed by atoms with van der Waals surface area (Å²) in [6, 6.07) is 3.38. The van der Waals surface area contributed by atoms with Crippen molar-refractivity contribution in [2.24, 2.45) is 5.14 Å².